The van der Waals surface area contributed by atoms with Crippen molar-refractivity contribution in [3.8, 4) is 0 Å². The van der Waals surface area contributed by atoms with Gasteiger partial charge in [0, 0.05) is 11.4 Å². The summed E-state index contributed by atoms with van der Waals surface area (Å²) in [7, 11) is 0. The van der Waals surface area contributed by atoms with E-state index in [4.69, 9.17) is 11.6 Å². The van der Waals surface area contributed by atoms with Gasteiger partial charge in [0.15, 0.2) is 11.6 Å². The van der Waals surface area contributed by atoms with Gasteiger partial charge in [0.2, 0.25) is 0 Å². The summed E-state index contributed by atoms with van der Waals surface area (Å²) in [6, 6.07) is 7.06. The predicted molar refractivity (Wildman–Crippen MR) is 80.6 cm³/mol. The summed E-state index contributed by atoms with van der Waals surface area (Å²) in [5.74, 6) is -2.77. The zero-order valence-electron chi connectivity index (χ0n) is 11.0. The van der Waals surface area contributed by atoms with Crippen LogP contribution >= 0.6 is 22.9 Å². The molecule has 0 saturated heterocycles. The van der Waals surface area contributed by atoms with Gasteiger partial charge in [0.1, 0.15) is 0 Å². The third kappa shape index (κ3) is 3.68. The largest absolute Gasteiger partial charge is 0.330 e. The van der Waals surface area contributed by atoms with Crippen LogP contribution in [0.5, 0.6) is 0 Å². The molecule has 6 heteroatoms. The van der Waals surface area contributed by atoms with Crippen LogP contribution in [0, 0.1) is 11.6 Å². The summed E-state index contributed by atoms with van der Waals surface area (Å²) < 4.78 is 27.6. The number of benzene rings is 1. The van der Waals surface area contributed by atoms with Gasteiger partial charge in [-0.2, -0.15) is 0 Å². The number of halogens is 3. The molecule has 0 spiro atoms. The average Bonchev–Trinajstić information content (AvgIpc) is 2.86. The van der Waals surface area contributed by atoms with Crippen LogP contribution in [-0.2, 0) is 6.54 Å². The summed E-state index contributed by atoms with van der Waals surface area (Å²) in [4.78, 5) is 14.6. The molecule has 1 amide bonds. The Morgan fingerprint density at radius 2 is 2.10 bits per heavy atom. The lowest BCUT2D eigenvalue weighted by molar-refractivity contribution is 0.0758. The zero-order valence-corrected chi connectivity index (χ0v) is 12.6. The number of hydrogen-bond acceptors (Lipinski definition) is 2. The maximum atomic E-state index is 13.7. The predicted octanol–water partition coefficient (Wildman–Crippen LogP) is 4.51. The third-order valence-corrected chi connectivity index (χ3v) is 4.01. The van der Waals surface area contributed by atoms with E-state index < -0.39 is 17.5 Å². The maximum Gasteiger partial charge on any atom is 0.257 e. The van der Waals surface area contributed by atoms with E-state index >= 15 is 0 Å². The number of hydrogen-bond donors (Lipinski definition) is 0. The Morgan fingerprint density at radius 3 is 2.71 bits per heavy atom. The van der Waals surface area contributed by atoms with E-state index in [0.717, 1.165) is 10.9 Å². The second-order valence-electron chi connectivity index (χ2n) is 4.28. The molecule has 2 aromatic rings. The highest BCUT2D eigenvalue weighted by atomic mass is 35.5. The molecule has 110 valence electrons. The van der Waals surface area contributed by atoms with Crippen LogP contribution in [0.4, 0.5) is 8.78 Å². The first-order chi connectivity index (χ1) is 10.0. The molecule has 0 aliphatic carbocycles. The normalized spacial score (nSPS) is 10.4. The van der Waals surface area contributed by atoms with E-state index in [9.17, 15) is 13.6 Å². The molecule has 1 heterocycles. The molecule has 0 atom stereocenters. The zero-order chi connectivity index (χ0) is 15.4. The first-order valence-electron chi connectivity index (χ1n) is 6.11. The van der Waals surface area contributed by atoms with E-state index in [0.29, 0.717) is 4.34 Å². The van der Waals surface area contributed by atoms with Crippen LogP contribution in [0.25, 0.3) is 0 Å². The van der Waals surface area contributed by atoms with Crippen molar-refractivity contribution >= 4 is 28.8 Å². The summed E-state index contributed by atoms with van der Waals surface area (Å²) in [5.41, 5.74) is -0.292. The SMILES string of the molecule is C=CCN(Cc1ccc(Cl)s1)C(=O)c1cccc(F)c1F. The van der Waals surface area contributed by atoms with Gasteiger partial charge in [-0.1, -0.05) is 23.7 Å². The summed E-state index contributed by atoms with van der Waals surface area (Å²) in [6.45, 7) is 4.07. The van der Waals surface area contributed by atoms with Gasteiger partial charge in [-0.3, -0.25) is 4.79 Å². The molecular formula is C15H12ClF2NOS. The van der Waals surface area contributed by atoms with Gasteiger partial charge in [-0.15, -0.1) is 17.9 Å². The topological polar surface area (TPSA) is 20.3 Å². The fourth-order valence-corrected chi connectivity index (χ4v) is 2.94. The highest BCUT2D eigenvalue weighted by Crippen LogP contribution is 2.24. The monoisotopic (exact) mass is 327 g/mol. The van der Waals surface area contributed by atoms with Gasteiger partial charge in [-0.25, -0.2) is 8.78 Å². The van der Waals surface area contributed by atoms with Crippen molar-refractivity contribution in [2.24, 2.45) is 0 Å². The Bertz CT molecular complexity index is 671. The molecule has 1 aromatic carbocycles. The number of carbonyl (C=O) groups excluding carboxylic acids is 1. The minimum absolute atomic E-state index is 0.226. The van der Waals surface area contributed by atoms with Crippen LogP contribution in [0.1, 0.15) is 15.2 Å². The number of rotatable bonds is 5. The first kappa shape index (κ1) is 15.7. The van der Waals surface area contributed by atoms with E-state index in [2.05, 4.69) is 6.58 Å². The second-order valence-corrected chi connectivity index (χ2v) is 6.08. The van der Waals surface area contributed by atoms with Gasteiger partial charge in [-0.05, 0) is 24.3 Å². The number of thiophene rings is 1. The number of nitrogens with zero attached hydrogens (tertiary/aromatic N) is 1. The molecule has 0 aliphatic heterocycles. The highest BCUT2D eigenvalue weighted by molar-refractivity contribution is 7.16. The molecule has 0 aliphatic rings. The molecule has 2 rings (SSSR count). The van der Waals surface area contributed by atoms with Crippen molar-refractivity contribution in [2.45, 2.75) is 6.54 Å². The maximum absolute atomic E-state index is 13.7. The van der Waals surface area contributed by atoms with Crippen molar-refractivity contribution in [2.75, 3.05) is 6.54 Å². The molecule has 0 radical (unpaired) electrons. The Hall–Kier alpha value is -1.72. The Morgan fingerprint density at radius 1 is 1.33 bits per heavy atom. The molecule has 0 saturated carbocycles. The van der Waals surface area contributed by atoms with Crippen LogP contribution in [0.2, 0.25) is 4.34 Å². The van der Waals surface area contributed by atoms with E-state index in [1.807, 2.05) is 0 Å². The fraction of sp³-hybridized carbons (Fsp3) is 0.133. The number of amides is 1. The van der Waals surface area contributed by atoms with Crippen molar-refractivity contribution in [1.29, 1.82) is 0 Å². The summed E-state index contributed by atoms with van der Waals surface area (Å²) in [6.07, 6.45) is 1.53. The molecule has 2 nitrogen and oxygen atoms in total. The molecule has 1 aromatic heterocycles. The molecule has 0 bridgehead atoms. The molecule has 0 N–H and O–H groups in total. The van der Waals surface area contributed by atoms with Crippen molar-refractivity contribution in [3.63, 3.8) is 0 Å². The van der Waals surface area contributed by atoms with Crippen LogP contribution in [0.3, 0.4) is 0 Å². The Labute approximate surface area is 130 Å². The summed E-state index contributed by atoms with van der Waals surface area (Å²) >= 11 is 7.18. The Balaban J connectivity index is 2.26. The van der Waals surface area contributed by atoms with Crippen molar-refractivity contribution in [1.82, 2.24) is 4.90 Å². The second kappa shape index (κ2) is 6.83. The standard InChI is InChI=1S/C15H12ClF2NOS/c1-2-8-19(9-10-6-7-13(16)21-10)15(20)11-4-3-5-12(17)14(11)18/h2-7H,1,8-9H2. The average molecular weight is 328 g/mol. The van der Waals surface area contributed by atoms with Gasteiger partial charge < -0.3 is 4.90 Å². The van der Waals surface area contributed by atoms with Crippen LogP contribution in [0.15, 0.2) is 43.0 Å². The van der Waals surface area contributed by atoms with Gasteiger partial charge in [0.25, 0.3) is 5.91 Å². The van der Waals surface area contributed by atoms with Crippen molar-refractivity contribution in [3.05, 3.63) is 69.4 Å². The third-order valence-electron chi connectivity index (χ3n) is 2.79. The lowest BCUT2D eigenvalue weighted by atomic mass is 10.1. The molecule has 0 fully saturated rings. The number of carbonyl (C=O) groups is 1. The quantitative estimate of drug-likeness (QED) is 0.740. The molecular weight excluding hydrogens is 316 g/mol. The van der Waals surface area contributed by atoms with E-state index in [-0.39, 0.29) is 18.7 Å². The minimum Gasteiger partial charge on any atom is -0.330 e. The van der Waals surface area contributed by atoms with E-state index in [1.54, 1.807) is 12.1 Å². The van der Waals surface area contributed by atoms with Gasteiger partial charge in [0.05, 0.1) is 16.4 Å². The van der Waals surface area contributed by atoms with Gasteiger partial charge >= 0.3 is 0 Å². The fourth-order valence-electron chi connectivity index (χ4n) is 1.84. The van der Waals surface area contributed by atoms with Crippen LogP contribution in [-0.4, -0.2) is 17.4 Å². The lowest BCUT2D eigenvalue weighted by Gasteiger charge is -2.20. The lowest BCUT2D eigenvalue weighted by Crippen LogP contribution is -2.31. The minimum atomic E-state index is -1.14. The van der Waals surface area contributed by atoms with Crippen molar-refractivity contribution < 1.29 is 13.6 Å². The molecule has 21 heavy (non-hydrogen) atoms. The smallest absolute Gasteiger partial charge is 0.257 e. The first-order valence-corrected chi connectivity index (χ1v) is 7.30. The van der Waals surface area contributed by atoms with E-state index in [1.165, 1.54) is 34.4 Å². The molecule has 0 unspecified atom stereocenters. The van der Waals surface area contributed by atoms with Crippen LogP contribution < -0.4 is 0 Å². The highest BCUT2D eigenvalue weighted by Gasteiger charge is 2.21. The Kier molecular flexibility index (Phi) is 5.09. The summed E-state index contributed by atoms with van der Waals surface area (Å²) in [5, 5.41) is 0.